The number of hydrogen-bond donors (Lipinski definition) is 2. The van der Waals surface area contributed by atoms with Crippen LogP contribution in [0.25, 0.3) is 0 Å². The molecule has 7 heteroatoms. The molecule has 10 atom stereocenters. The summed E-state index contributed by atoms with van der Waals surface area (Å²) in [5, 5.41) is 30.1. The monoisotopic (exact) mass is 445 g/mol. The van der Waals surface area contributed by atoms with Crippen molar-refractivity contribution in [1.29, 1.82) is 0 Å². The van der Waals surface area contributed by atoms with Crippen LogP contribution in [0.1, 0.15) is 65.7 Å². The minimum atomic E-state index is -0.411. The number of carbonyl (C=O) groups is 1. The second-order valence-electron chi connectivity index (χ2n) is 11.6. The molecule has 1 aromatic rings. The Balaban J connectivity index is 1.39. The molecular formula is C25H39N3O4. The van der Waals surface area contributed by atoms with Gasteiger partial charge in [0.25, 0.3) is 0 Å². The van der Waals surface area contributed by atoms with Crippen molar-refractivity contribution in [3.05, 3.63) is 12.4 Å². The third-order valence-corrected chi connectivity index (χ3v) is 10.1. The SMILES string of the molecule is CCO[C@H]1C[C@@]2(C)[C@@H](CC[C@H]3[C@@H]4CC[C@H](C(=O)Cn5ccnn5)[C@@]4(C)CC(O)[C@@H]32)C[C@@H]1O. The van der Waals surface area contributed by atoms with E-state index in [4.69, 9.17) is 4.74 Å². The predicted molar refractivity (Wildman–Crippen MR) is 118 cm³/mol. The lowest BCUT2D eigenvalue weighted by Gasteiger charge is -2.63. The Morgan fingerprint density at radius 3 is 2.66 bits per heavy atom. The van der Waals surface area contributed by atoms with Crippen molar-refractivity contribution < 1.29 is 19.7 Å². The highest BCUT2D eigenvalue weighted by Crippen LogP contribution is 2.67. The first-order chi connectivity index (χ1) is 15.3. The number of aliphatic hydroxyl groups is 2. The van der Waals surface area contributed by atoms with Gasteiger partial charge in [0.05, 0.1) is 24.5 Å². The molecule has 1 heterocycles. The Bertz CT molecular complexity index is 831. The van der Waals surface area contributed by atoms with Crippen LogP contribution in [0, 0.1) is 40.4 Å². The summed E-state index contributed by atoms with van der Waals surface area (Å²) in [5.74, 6) is 1.76. The Kier molecular flexibility index (Phi) is 5.74. The van der Waals surface area contributed by atoms with Gasteiger partial charge >= 0.3 is 0 Å². The van der Waals surface area contributed by atoms with Crippen LogP contribution in [0.5, 0.6) is 0 Å². The molecule has 4 aliphatic rings. The van der Waals surface area contributed by atoms with Crippen molar-refractivity contribution in [1.82, 2.24) is 15.0 Å². The van der Waals surface area contributed by atoms with Gasteiger partial charge in [-0.3, -0.25) is 4.79 Å². The number of rotatable bonds is 5. The van der Waals surface area contributed by atoms with Crippen LogP contribution in [0.2, 0.25) is 0 Å². The molecule has 0 saturated heterocycles. The lowest BCUT2D eigenvalue weighted by Crippen LogP contribution is -2.61. The van der Waals surface area contributed by atoms with Gasteiger partial charge in [0.1, 0.15) is 6.54 Å². The third-order valence-electron chi connectivity index (χ3n) is 10.1. The molecule has 0 spiro atoms. The maximum absolute atomic E-state index is 13.3. The maximum Gasteiger partial charge on any atom is 0.157 e. The highest BCUT2D eigenvalue weighted by molar-refractivity contribution is 5.82. The van der Waals surface area contributed by atoms with Gasteiger partial charge in [-0.15, -0.1) is 5.10 Å². The Labute approximate surface area is 190 Å². The number of fused-ring (bicyclic) bond motifs is 5. The largest absolute Gasteiger partial charge is 0.393 e. The van der Waals surface area contributed by atoms with Crippen LogP contribution >= 0.6 is 0 Å². The summed E-state index contributed by atoms with van der Waals surface area (Å²) in [4.78, 5) is 13.3. The Morgan fingerprint density at radius 1 is 1.12 bits per heavy atom. The zero-order valence-electron chi connectivity index (χ0n) is 19.7. The highest BCUT2D eigenvalue weighted by atomic mass is 16.5. The first-order valence-electron chi connectivity index (χ1n) is 12.6. The van der Waals surface area contributed by atoms with Gasteiger partial charge < -0.3 is 14.9 Å². The molecule has 0 aromatic carbocycles. The lowest BCUT2D eigenvalue weighted by molar-refractivity contribution is -0.202. The maximum atomic E-state index is 13.3. The fourth-order valence-electron chi connectivity index (χ4n) is 8.88. The number of nitrogens with zero attached hydrogens (tertiary/aromatic N) is 3. The average Bonchev–Trinajstić information content (AvgIpc) is 3.35. The van der Waals surface area contributed by atoms with Crippen LogP contribution < -0.4 is 0 Å². The first-order valence-corrected chi connectivity index (χ1v) is 12.6. The van der Waals surface area contributed by atoms with Gasteiger partial charge in [0.2, 0.25) is 0 Å². The van der Waals surface area contributed by atoms with Gasteiger partial charge in [-0.05, 0) is 86.4 Å². The molecule has 7 nitrogen and oxygen atoms in total. The van der Waals surface area contributed by atoms with E-state index in [1.807, 2.05) is 6.92 Å². The van der Waals surface area contributed by atoms with E-state index >= 15 is 0 Å². The average molecular weight is 446 g/mol. The summed E-state index contributed by atoms with van der Waals surface area (Å²) in [6.45, 7) is 7.47. The predicted octanol–water partition coefficient (Wildman–Crippen LogP) is 2.85. The molecule has 0 amide bonds. The molecule has 0 aliphatic heterocycles. The lowest BCUT2D eigenvalue weighted by atomic mass is 9.43. The Morgan fingerprint density at radius 2 is 1.94 bits per heavy atom. The van der Waals surface area contributed by atoms with Crippen molar-refractivity contribution in [2.24, 2.45) is 40.4 Å². The van der Waals surface area contributed by atoms with Crippen LogP contribution in [0.3, 0.4) is 0 Å². The number of ketones is 1. The summed E-state index contributed by atoms with van der Waals surface area (Å²) in [6.07, 6.45) is 8.86. The topological polar surface area (TPSA) is 97.5 Å². The van der Waals surface area contributed by atoms with Crippen LogP contribution in [0.15, 0.2) is 12.4 Å². The molecule has 4 saturated carbocycles. The van der Waals surface area contributed by atoms with Crippen molar-refractivity contribution in [3.63, 3.8) is 0 Å². The third kappa shape index (κ3) is 3.38. The first kappa shape index (κ1) is 22.5. The van der Waals surface area contributed by atoms with Gasteiger partial charge in [-0.2, -0.15) is 0 Å². The smallest absolute Gasteiger partial charge is 0.157 e. The van der Waals surface area contributed by atoms with E-state index < -0.39 is 12.2 Å². The number of ether oxygens (including phenoxy) is 1. The van der Waals surface area contributed by atoms with Crippen molar-refractivity contribution >= 4 is 5.78 Å². The minimum Gasteiger partial charge on any atom is -0.393 e. The van der Waals surface area contributed by atoms with E-state index in [9.17, 15) is 15.0 Å². The summed E-state index contributed by atoms with van der Waals surface area (Å²) in [6, 6.07) is 0. The molecule has 0 bridgehead atoms. The Hall–Kier alpha value is -1.31. The van der Waals surface area contributed by atoms with Crippen molar-refractivity contribution in [3.8, 4) is 0 Å². The summed E-state index contributed by atoms with van der Waals surface area (Å²) in [5.41, 5.74) is -0.180. The summed E-state index contributed by atoms with van der Waals surface area (Å²) in [7, 11) is 0. The highest BCUT2D eigenvalue weighted by Gasteiger charge is 2.64. The van der Waals surface area contributed by atoms with Crippen LogP contribution in [-0.2, 0) is 16.1 Å². The second-order valence-corrected chi connectivity index (χ2v) is 11.6. The second kappa shape index (κ2) is 8.17. The number of aromatic nitrogens is 3. The number of aliphatic hydroxyl groups excluding tert-OH is 2. The van der Waals surface area contributed by atoms with E-state index in [1.165, 1.54) is 0 Å². The van der Waals surface area contributed by atoms with E-state index in [1.54, 1.807) is 17.1 Å². The van der Waals surface area contributed by atoms with Gasteiger partial charge in [-0.1, -0.05) is 19.1 Å². The minimum absolute atomic E-state index is 0.0223. The van der Waals surface area contributed by atoms with Gasteiger partial charge in [0, 0.05) is 18.7 Å². The van der Waals surface area contributed by atoms with E-state index in [0.29, 0.717) is 30.8 Å². The molecule has 2 N–H and O–H groups in total. The van der Waals surface area contributed by atoms with Gasteiger partial charge in [0.15, 0.2) is 5.78 Å². The van der Waals surface area contributed by atoms with E-state index in [2.05, 4.69) is 24.2 Å². The molecule has 0 radical (unpaired) electrons. The number of hydrogen-bond acceptors (Lipinski definition) is 6. The normalized spacial score (nSPS) is 48.0. The zero-order chi connectivity index (χ0) is 22.7. The van der Waals surface area contributed by atoms with Crippen LogP contribution in [-0.4, -0.2) is 55.9 Å². The molecular weight excluding hydrogens is 406 g/mol. The quantitative estimate of drug-likeness (QED) is 0.723. The van der Waals surface area contributed by atoms with Crippen LogP contribution in [0.4, 0.5) is 0 Å². The standard InChI is InChI=1S/C25H39N3O4/c1-4-32-22-13-24(2)15(11-19(22)29)5-6-16-17-7-8-18(21(31)14-28-10-9-26-27-28)25(17,3)12-20(30)23(16)24/h9-10,15-20,22-23,29-30H,4-8,11-14H2,1-3H3/t15-,16-,17-,18+,19-,20?,22-,23+,24-,25-/m0/s1. The molecule has 1 aromatic heterocycles. The van der Waals surface area contributed by atoms with Crippen molar-refractivity contribution in [2.45, 2.75) is 90.6 Å². The van der Waals surface area contributed by atoms with E-state index in [-0.39, 0.29) is 41.1 Å². The van der Waals surface area contributed by atoms with Gasteiger partial charge in [-0.25, -0.2) is 4.68 Å². The van der Waals surface area contributed by atoms with E-state index in [0.717, 1.165) is 38.5 Å². The number of Topliss-reactive ketones (excluding diaryl/α,β-unsaturated/α-hetero) is 1. The summed E-state index contributed by atoms with van der Waals surface area (Å²) >= 11 is 0. The molecule has 178 valence electrons. The fraction of sp³-hybridized carbons (Fsp3) is 0.880. The molecule has 4 aliphatic carbocycles. The zero-order valence-corrected chi connectivity index (χ0v) is 19.7. The van der Waals surface area contributed by atoms with Crippen molar-refractivity contribution in [2.75, 3.05) is 6.61 Å². The number of carbonyl (C=O) groups excluding carboxylic acids is 1. The fourth-order valence-corrected chi connectivity index (χ4v) is 8.88. The molecule has 32 heavy (non-hydrogen) atoms. The summed E-state index contributed by atoms with van der Waals surface area (Å²) < 4.78 is 7.56. The molecule has 4 fully saturated rings. The molecule has 5 rings (SSSR count). The molecule has 1 unspecified atom stereocenters.